The van der Waals surface area contributed by atoms with E-state index in [2.05, 4.69) is 10.3 Å². The predicted octanol–water partition coefficient (Wildman–Crippen LogP) is 8.15. The molecule has 0 bridgehead atoms. The molecule has 0 aromatic heterocycles. The fourth-order valence-corrected chi connectivity index (χ4v) is 4.49. The van der Waals surface area contributed by atoms with Gasteiger partial charge in [-0.1, -0.05) is 77.4 Å². The summed E-state index contributed by atoms with van der Waals surface area (Å²) in [5.41, 5.74) is 1.19. The molecule has 0 saturated heterocycles. The number of hydrogen-bond donors (Lipinski definition) is 2. The highest BCUT2D eigenvalue weighted by atomic mass is 35.5. The van der Waals surface area contributed by atoms with E-state index in [1.54, 1.807) is 20.8 Å². The number of carbonyl (C=O) groups excluding carboxylic acids is 2. The topological polar surface area (TPSA) is 136 Å². The van der Waals surface area contributed by atoms with Gasteiger partial charge >= 0.3 is 11.9 Å². The van der Waals surface area contributed by atoms with E-state index in [9.17, 15) is 9.59 Å². The molecule has 0 aliphatic heterocycles. The summed E-state index contributed by atoms with van der Waals surface area (Å²) in [6, 6.07) is 19.9. The van der Waals surface area contributed by atoms with Crippen LogP contribution in [0.3, 0.4) is 0 Å². The Morgan fingerprint density at radius 3 is 1.62 bits per heavy atom. The van der Waals surface area contributed by atoms with Gasteiger partial charge in [-0.05, 0) is 78.4 Å². The molecule has 0 amide bonds. The van der Waals surface area contributed by atoms with Crippen LogP contribution in [0.1, 0.15) is 91.2 Å². The largest absolute Gasteiger partial charge is 0.460 e. The first-order valence-corrected chi connectivity index (χ1v) is 16.3. The Morgan fingerprint density at radius 2 is 1.19 bits per heavy atom. The Morgan fingerprint density at radius 1 is 0.745 bits per heavy atom. The summed E-state index contributed by atoms with van der Waals surface area (Å²) in [7, 11) is 0. The average molecular weight is 677 g/mol. The zero-order valence-electron chi connectivity index (χ0n) is 28.7. The van der Waals surface area contributed by atoms with Crippen molar-refractivity contribution < 1.29 is 39.0 Å². The molecule has 0 heterocycles. The first kappa shape index (κ1) is 41.6. The number of esters is 2. The molecule has 2 aromatic rings. The quantitative estimate of drug-likeness (QED) is 0.0531. The summed E-state index contributed by atoms with van der Waals surface area (Å²) in [6.07, 6.45) is 4.45. The molecule has 47 heavy (non-hydrogen) atoms. The lowest BCUT2D eigenvalue weighted by Gasteiger charge is -2.21. The smallest absolute Gasteiger partial charge is 0.307 e. The van der Waals surface area contributed by atoms with E-state index in [0.29, 0.717) is 45.7 Å². The van der Waals surface area contributed by atoms with Crippen LogP contribution in [0.25, 0.3) is 0 Å². The minimum Gasteiger partial charge on any atom is -0.460 e. The van der Waals surface area contributed by atoms with Gasteiger partial charge in [0, 0.05) is 31.3 Å². The Labute approximate surface area is 285 Å². The fourth-order valence-electron chi connectivity index (χ4n) is 4.30. The van der Waals surface area contributed by atoms with Crippen molar-refractivity contribution in [1.82, 2.24) is 0 Å². The Kier molecular flexibility index (Phi) is 20.3. The normalized spacial score (nSPS) is 13.4. The van der Waals surface area contributed by atoms with Gasteiger partial charge in [0.05, 0.1) is 26.1 Å². The van der Waals surface area contributed by atoms with Crippen LogP contribution in [0.2, 0.25) is 0 Å². The Balaban J connectivity index is 0.000000470. The Hall–Kier alpha value is -3.47. The number of benzene rings is 2. The first-order chi connectivity index (χ1) is 22.2. The molecule has 0 radical (unpaired) electrons. The number of oxime groups is 2. The van der Waals surface area contributed by atoms with E-state index in [-0.39, 0.29) is 41.8 Å². The van der Waals surface area contributed by atoms with Crippen molar-refractivity contribution in [1.29, 1.82) is 0 Å². The summed E-state index contributed by atoms with van der Waals surface area (Å²) in [6.45, 7) is 13.2. The molecule has 2 aromatic carbocycles. The lowest BCUT2D eigenvalue weighted by Crippen LogP contribution is -2.26. The highest BCUT2D eigenvalue weighted by Gasteiger charge is 2.24. The number of carbonyl (C=O) groups is 2. The molecule has 2 rings (SSSR count). The van der Waals surface area contributed by atoms with Crippen molar-refractivity contribution in [2.45, 2.75) is 104 Å². The van der Waals surface area contributed by atoms with E-state index in [1.165, 1.54) is 6.21 Å². The van der Waals surface area contributed by atoms with Gasteiger partial charge in [0.15, 0.2) is 0 Å². The second kappa shape index (κ2) is 23.0. The molecule has 10 nitrogen and oxygen atoms in total. The van der Waals surface area contributed by atoms with E-state index >= 15 is 0 Å². The van der Waals surface area contributed by atoms with Crippen molar-refractivity contribution >= 4 is 34.9 Å². The Bertz CT molecular complexity index is 1190. The third-order valence-corrected chi connectivity index (χ3v) is 6.70. The summed E-state index contributed by atoms with van der Waals surface area (Å²) in [4.78, 5) is 23.7. The second-order valence-electron chi connectivity index (χ2n) is 13.1. The zero-order valence-corrected chi connectivity index (χ0v) is 29.4. The van der Waals surface area contributed by atoms with E-state index in [4.69, 9.17) is 41.0 Å². The van der Waals surface area contributed by atoms with Crippen molar-refractivity contribution in [3.05, 3.63) is 71.8 Å². The molecule has 0 saturated carbocycles. The van der Waals surface area contributed by atoms with Crippen LogP contribution in [0, 0.1) is 11.8 Å². The highest BCUT2D eigenvalue weighted by Crippen LogP contribution is 2.20. The minimum absolute atomic E-state index is 0.0175. The maximum absolute atomic E-state index is 11.9. The van der Waals surface area contributed by atoms with Gasteiger partial charge in [-0.3, -0.25) is 9.59 Å². The third-order valence-electron chi connectivity index (χ3n) is 6.32. The van der Waals surface area contributed by atoms with Gasteiger partial charge in [-0.2, -0.15) is 0 Å². The summed E-state index contributed by atoms with van der Waals surface area (Å²) >= 11 is 5.91. The SMILES string of the molecule is CC(C)(C)OC(=O)C[C@@H](/C=N/O)CCCOCc1ccccc1.CC(C)(C)OC(=O)C[C@H](CCCOCc1ccccc1)/C(Cl)=N/O. The van der Waals surface area contributed by atoms with Crippen molar-refractivity contribution in [2.75, 3.05) is 13.2 Å². The van der Waals surface area contributed by atoms with Crippen LogP contribution in [0.5, 0.6) is 0 Å². The highest BCUT2D eigenvalue weighted by molar-refractivity contribution is 6.65. The maximum atomic E-state index is 11.9. The van der Waals surface area contributed by atoms with E-state index in [1.807, 2.05) is 81.4 Å². The minimum atomic E-state index is -0.552. The summed E-state index contributed by atoms with van der Waals surface area (Å²) < 4.78 is 21.8. The van der Waals surface area contributed by atoms with Crippen molar-refractivity contribution in [3.8, 4) is 0 Å². The second-order valence-corrected chi connectivity index (χ2v) is 13.5. The summed E-state index contributed by atoms with van der Waals surface area (Å²) in [5.74, 6) is -1.16. The van der Waals surface area contributed by atoms with Gasteiger partial charge in [-0.25, -0.2) is 0 Å². The molecule has 2 atom stereocenters. The molecule has 0 aliphatic carbocycles. The predicted molar refractivity (Wildman–Crippen MR) is 184 cm³/mol. The molecule has 0 spiro atoms. The van der Waals surface area contributed by atoms with Crippen LogP contribution < -0.4 is 0 Å². The molecule has 2 N–H and O–H groups in total. The number of ether oxygens (including phenoxy) is 4. The molecule has 0 aliphatic rings. The molecule has 0 unspecified atom stereocenters. The molecular formula is C36H53ClN2O8. The third kappa shape index (κ3) is 22.7. The molecule has 262 valence electrons. The van der Waals surface area contributed by atoms with Crippen LogP contribution in [0.4, 0.5) is 0 Å². The van der Waals surface area contributed by atoms with Crippen LogP contribution in [0.15, 0.2) is 71.0 Å². The number of halogens is 1. The zero-order chi connectivity index (χ0) is 35.1. The van der Waals surface area contributed by atoms with Gasteiger partial charge in [-0.15, -0.1) is 5.16 Å². The lowest BCUT2D eigenvalue weighted by atomic mass is 10.0. The monoisotopic (exact) mass is 676 g/mol. The first-order valence-electron chi connectivity index (χ1n) is 15.9. The standard InChI is InChI=1S/C18H26ClNO4.C18H27NO4/c1-18(2,3)24-16(21)12-15(17(19)20-22)10-7-11-23-13-14-8-5-4-6-9-14;1-18(2,3)23-17(20)12-16(13-19-21)10-7-11-22-14-15-8-5-4-6-9-15/h4-6,8-9,15,22H,7,10-13H2,1-3H3;4-6,8-9,13,16,21H,7,10-12,14H2,1-3H3/b20-17-;19-13+/t15-;16-/m00/s1. The molecule has 0 fully saturated rings. The van der Waals surface area contributed by atoms with E-state index in [0.717, 1.165) is 17.5 Å². The molecular weight excluding hydrogens is 624 g/mol. The van der Waals surface area contributed by atoms with Gasteiger partial charge < -0.3 is 29.4 Å². The van der Waals surface area contributed by atoms with Crippen LogP contribution in [-0.4, -0.2) is 58.2 Å². The number of hydrogen-bond acceptors (Lipinski definition) is 10. The summed E-state index contributed by atoms with van der Waals surface area (Å²) in [5, 5.41) is 23.7. The molecule has 11 heteroatoms. The fraction of sp³-hybridized carbons (Fsp3) is 0.556. The maximum Gasteiger partial charge on any atom is 0.307 e. The van der Waals surface area contributed by atoms with Gasteiger partial charge in [0.1, 0.15) is 16.4 Å². The van der Waals surface area contributed by atoms with Gasteiger partial charge in [0.25, 0.3) is 0 Å². The van der Waals surface area contributed by atoms with Crippen molar-refractivity contribution in [3.63, 3.8) is 0 Å². The number of rotatable bonds is 18. The van der Waals surface area contributed by atoms with Crippen LogP contribution >= 0.6 is 11.6 Å². The van der Waals surface area contributed by atoms with Crippen molar-refractivity contribution in [2.24, 2.45) is 22.1 Å². The number of nitrogens with zero attached hydrogens (tertiary/aromatic N) is 2. The lowest BCUT2D eigenvalue weighted by molar-refractivity contribution is -0.156. The van der Waals surface area contributed by atoms with Crippen LogP contribution in [-0.2, 0) is 41.8 Å². The van der Waals surface area contributed by atoms with E-state index < -0.39 is 11.2 Å². The van der Waals surface area contributed by atoms with Gasteiger partial charge in [0.2, 0.25) is 0 Å². The average Bonchev–Trinajstić information content (AvgIpc) is 2.99.